The van der Waals surface area contributed by atoms with Crippen LogP contribution in [0.1, 0.15) is 47.9 Å². The average molecular weight is 563 g/mol. The molecule has 1 N–H and O–H groups in total. The maximum absolute atomic E-state index is 13.2. The molecule has 1 saturated carbocycles. The van der Waals surface area contributed by atoms with E-state index in [4.69, 9.17) is 25.8 Å². The van der Waals surface area contributed by atoms with Crippen molar-refractivity contribution < 1.29 is 23.8 Å². The Balaban J connectivity index is 1.29. The Kier molecular flexibility index (Phi) is 8.50. The highest BCUT2D eigenvalue weighted by Crippen LogP contribution is 2.57. The van der Waals surface area contributed by atoms with Gasteiger partial charge in [-0.2, -0.15) is 0 Å². The van der Waals surface area contributed by atoms with Crippen molar-refractivity contribution in [2.24, 2.45) is 5.92 Å². The Labute approximate surface area is 240 Å². The molecule has 40 heavy (non-hydrogen) atoms. The predicted octanol–water partition coefficient (Wildman–Crippen LogP) is 7.40. The molecule has 1 aliphatic carbocycles. The van der Waals surface area contributed by atoms with Crippen LogP contribution in [0.3, 0.4) is 0 Å². The number of halogens is 1. The van der Waals surface area contributed by atoms with Crippen LogP contribution in [0.2, 0.25) is 5.02 Å². The van der Waals surface area contributed by atoms with Gasteiger partial charge in [-0.05, 0) is 90.6 Å². The second-order valence-corrected chi connectivity index (χ2v) is 10.8. The summed E-state index contributed by atoms with van der Waals surface area (Å²) in [4.78, 5) is 26.9. The fourth-order valence-corrected chi connectivity index (χ4v) is 5.42. The molecule has 7 nitrogen and oxygen atoms in total. The van der Waals surface area contributed by atoms with Crippen LogP contribution in [0.5, 0.6) is 5.75 Å². The SMILES string of the molecule is CCCNC(=O)OCc1cc(-c2cccc3c2[C@H]2C[C@H]2CN3C(=O)OCCOc2cccc(C)c2C)ccc1Cl. The monoisotopic (exact) mass is 562 g/mol. The van der Waals surface area contributed by atoms with Gasteiger partial charge in [0.05, 0.1) is 5.69 Å². The number of hydrogen-bond acceptors (Lipinski definition) is 5. The van der Waals surface area contributed by atoms with Crippen molar-refractivity contribution in [3.05, 3.63) is 81.9 Å². The molecule has 5 rings (SSSR count). The number of amides is 2. The van der Waals surface area contributed by atoms with Crippen molar-refractivity contribution >= 4 is 29.5 Å². The standard InChI is InChI=1S/C32H35ClN2O5/c1-4-13-34-31(36)40-19-24-16-22(11-12-27(24)33)25-8-6-9-28-30(25)26-17-23(26)18-35(28)32(37)39-15-14-38-29-10-5-7-20(2)21(29)3/h5-12,16,23,26H,4,13-15,17-19H2,1-3H3,(H,34,36)/t23-,26-/m0/s1. The molecule has 3 aromatic rings. The van der Waals surface area contributed by atoms with Gasteiger partial charge in [0.1, 0.15) is 25.6 Å². The van der Waals surface area contributed by atoms with Gasteiger partial charge in [0.25, 0.3) is 0 Å². The lowest BCUT2D eigenvalue weighted by molar-refractivity contribution is 0.130. The van der Waals surface area contributed by atoms with E-state index >= 15 is 0 Å². The van der Waals surface area contributed by atoms with E-state index in [1.54, 1.807) is 4.90 Å². The van der Waals surface area contributed by atoms with E-state index in [1.165, 1.54) is 0 Å². The fourth-order valence-electron chi connectivity index (χ4n) is 5.25. The number of aryl methyl sites for hydroxylation is 1. The van der Waals surface area contributed by atoms with Gasteiger partial charge in [0, 0.05) is 23.7 Å². The maximum atomic E-state index is 13.2. The summed E-state index contributed by atoms with van der Waals surface area (Å²) in [6.07, 6.45) is 1.04. The summed E-state index contributed by atoms with van der Waals surface area (Å²) in [6.45, 7) is 7.77. The van der Waals surface area contributed by atoms with Crippen molar-refractivity contribution in [2.45, 2.75) is 46.1 Å². The quantitative estimate of drug-likeness (QED) is 0.275. The predicted molar refractivity (Wildman–Crippen MR) is 156 cm³/mol. The molecular formula is C32H35ClN2O5. The van der Waals surface area contributed by atoms with Crippen LogP contribution in [0, 0.1) is 19.8 Å². The van der Waals surface area contributed by atoms with Crippen LogP contribution in [-0.2, 0) is 16.1 Å². The number of fused-ring (bicyclic) bond motifs is 3. The normalized spacial score (nSPS) is 16.9. The highest BCUT2D eigenvalue weighted by Gasteiger charge is 2.48. The second kappa shape index (κ2) is 12.2. The van der Waals surface area contributed by atoms with Gasteiger partial charge >= 0.3 is 12.2 Å². The van der Waals surface area contributed by atoms with Crippen LogP contribution in [-0.4, -0.2) is 38.5 Å². The van der Waals surface area contributed by atoms with E-state index in [-0.39, 0.29) is 25.9 Å². The molecule has 1 fully saturated rings. The third-order valence-electron chi connectivity index (χ3n) is 7.66. The molecule has 0 radical (unpaired) electrons. The molecule has 0 saturated heterocycles. The molecule has 8 heteroatoms. The molecule has 0 bridgehead atoms. The summed E-state index contributed by atoms with van der Waals surface area (Å²) in [5.41, 5.74) is 7.02. The summed E-state index contributed by atoms with van der Waals surface area (Å²) < 4.78 is 16.9. The first-order valence-electron chi connectivity index (χ1n) is 13.8. The van der Waals surface area contributed by atoms with E-state index < -0.39 is 6.09 Å². The molecule has 2 atom stereocenters. The lowest BCUT2D eigenvalue weighted by atomic mass is 9.91. The van der Waals surface area contributed by atoms with Crippen molar-refractivity contribution in [3.63, 3.8) is 0 Å². The van der Waals surface area contributed by atoms with Gasteiger partial charge in [0.2, 0.25) is 0 Å². The van der Waals surface area contributed by atoms with Crippen LogP contribution in [0.4, 0.5) is 15.3 Å². The zero-order chi connectivity index (χ0) is 28.2. The number of carbonyl (C=O) groups excluding carboxylic acids is 2. The first-order valence-corrected chi connectivity index (χ1v) is 14.2. The number of benzene rings is 3. The number of rotatable bonds is 9. The summed E-state index contributed by atoms with van der Waals surface area (Å²) >= 11 is 6.44. The van der Waals surface area contributed by atoms with E-state index in [1.807, 2.05) is 69.3 Å². The van der Waals surface area contributed by atoms with E-state index in [2.05, 4.69) is 11.4 Å². The lowest BCUT2D eigenvalue weighted by Gasteiger charge is -2.30. The maximum Gasteiger partial charge on any atom is 0.414 e. The van der Waals surface area contributed by atoms with Gasteiger partial charge in [-0.15, -0.1) is 0 Å². The minimum atomic E-state index is -0.463. The minimum absolute atomic E-state index is 0.0753. The summed E-state index contributed by atoms with van der Waals surface area (Å²) in [7, 11) is 0. The Morgan fingerprint density at radius 1 is 1.05 bits per heavy atom. The Morgan fingerprint density at radius 3 is 2.70 bits per heavy atom. The van der Waals surface area contributed by atoms with Gasteiger partial charge in [-0.25, -0.2) is 9.59 Å². The van der Waals surface area contributed by atoms with Crippen LogP contribution in [0.15, 0.2) is 54.6 Å². The number of anilines is 1. The van der Waals surface area contributed by atoms with Crippen molar-refractivity contribution in [2.75, 3.05) is 31.2 Å². The Bertz CT molecular complexity index is 1410. The van der Waals surface area contributed by atoms with Gasteiger partial charge < -0.3 is 19.5 Å². The highest BCUT2D eigenvalue weighted by molar-refractivity contribution is 6.31. The van der Waals surface area contributed by atoms with E-state index in [0.29, 0.717) is 29.9 Å². The Morgan fingerprint density at radius 2 is 1.88 bits per heavy atom. The number of nitrogens with zero attached hydrogens (tertiary/aromatic N) is 1. The smallest absolute Gasteiger partial charge is 0.414 e. The molecule has 2 amide bonds. The zero-order valence-electron chi connectivity index (χ0n) is 23.2. The lowest BCUT2D eigenvalue weighted by Crippen LogP contribution is -2.37. The molecule has 0 spiro atoms. The van der Waals surface area contributed by atoms with Crippen molar-refractivity contribution in [3.8, 4) is 16.9 Å². The molecule has 0 unspecified atom stereocenters. The second-order valence-electron chi connectivity index (χ2n) is 10.4. The third-order valence-corrected chi connectivity index (χ3v) is 8.03. The van der Waals surface area contributed by atoms with E-state index in [0.717, 1.165) is 57.7 Å². The number of nitrogens with one attached hydrogen (secondary N) is 1. The average Bonchev–Trinajstić information content (AvgIpc) is 3.75. The largest absolute Gasteiger partial charge is 0.490 e. The molecule has 2 aliphatic rings. The number of ether oxygens (including phenoxy) is 3. The topological polar surface area (TPSA) is 77.1 Å². The van der Waals surface area contributed by atoms with Crippen LogP contribution in [0.25, 0.3) is 11.1 Å². The fraction of sp³-hybridized carbons (Fsp3) is 0.375. The van der Waals surface area contributed by atoms with Gasteiger partial charge in [0.15, 0.2) is 0 Å². The number of alkyl carbamates (subject to hydrolysis) is 1. The van der Waals surface area contributed by atoms with Crippen molar-refractivity contribution in [1.82, 2.24) is 5.32 Å². The minimum Gasteiger partial charge on any atom is -0.490 e. The molecular weight excluding hydrogens is 528 g/mol. The molecule has 1 heterocycles. The Hall–Kier alpha value is -3.71. The van der Waals surface area contributed by atoms with E-state index in [9.17, 15) is 9.59 Å². The first-order chi connectivity index (χ1) is 19.4. The summed E-state index contributed by atoms with van der Waals surface area (Å²) in [6, 6.07) is 17.7. The van der Waals surface area contributed by atoms with Crippen molar-refractivity contribution in [1.29, 1.82) is 0 Å². The number of hydrogen-bond donors (Lipinski definition) is 1. The van der Waals surface area contributed by atoms with Crippen LogP contribution >= 0.6 is 11.6 Å². The van der Waals surface area contributed by atoms with Crippen LogP contribution < -0.4 is 15.0 Å². The highest BCUT2D eigenvalue weighted by atomic mass is 35.5. The van der Waals surface area contributed by atoms with Gasteiger partial charge in [-0.3, -0.25) is 4.90 Å². The molecule has 210 valence electrons. The third kappa shape index (κ3) is 6.04. The first kappa shape index (κ1) is 27.8. The zero-order valence-corrected chi connectivity index (χ0v) is 23.9. The molecule has 1 aliphatic heterocycles. The summed E-state index contributed by atoms with van der Waals surface area (Å²) in [5.74, 6) is 1.61. The molecule has 3 aromatic carbocycles. The molecule has 0 aromatic heterocycles. The van der Waals surface area contributed by atoms with Gasteiger partial charge in [-0.1, -0.05) is 48.9 Å². The number of carbonyl (C=O) groups is 2. The summed E-state index contributed by atoms with van der Waals surface area (Å²) in [5, 5.41) is 3.24.